The first-order valence-electron chi connectivity index (χ1n) is 8.42. The van der Waals surface area contributed by atoms with Crippen molar-refractivity contribution in [1.29, 1.82) is 0 Å². The van der Waals surface area contributed by atoms with Crippen molar-refractivity contribution in [3.8, 4) is 0 Å². The molecule has 3 rings (SSSR count). The van der Waals surface area contributed by atoms with E-state index in [4.69, 9.17) is 0 Å². The predicted molar refractivity (Wildman–Crippen MR) is 101 cm³/mol. The maximum atomic E-state index is 12.6. The molecule has 140 valence electrons. The first-order valence-corrected chi connectivity index (χ1v) is 9.91. The van der Waals surface area contributed by atoms with Crippen LogP contribution >= 0.6 is 12.4 Å². The van der Waals surface area contributed by atoms with Gasteiger partial charge in [0.05, 0.1) is 4.90 Å². The molecule has 0 spiro atoms. The summed E-state index contributed by atoms with van der Waals surface area (Å²) in [5.41, 5.74) is 1.69. The van der Waals surface area contributed by atoms with Crippen LogP contribution in [0, 0.1) is 5.41 Å². The summed E-state index contributed by atoms with van der Waals surface area (Å²) in [6.07, 6.45) is 2.78. The number of sulfonamides is 1. The van der Waals surface area contributed by atoms with E-state index >= 15 is 0 Å². The number of hydrogen-bond acceptors (Lipinski definition) is 4. The van der Waals surface area contributed by atoms with Crippen molar-refractivity contribution in [3.05, 3.63) is 23.8 Å². The molecule has 1 amide bonds. The molecule has 25 heavy (non-hydrogen) atoms. The van der Waals surface area contributed by atoms with E-state index in [0.29, 0.717) is 19.5 Å². The van der Waals surface area contributed by atoms with Crippen molar-refractivity contribution in [2.24, 2.45) is 5.41 Å². The summed E-state index contributed by atoms with van der Waals surface area (Å²) in [5.74, 6) is -0.0137. The highest BCUT2D eigenvalue weighted by Gasteiger charge is 2.30. The van der Waals surface area contributed by atoms with Gasteiger partial charge in [-0.25, -0.2) is 13.1 Å². The molecule has 1 aromatic rings. The van der Waals surface area contributed by atoms with Crippen LogP contribution in [0.25, 0.3) is 0 Å². The Balaban J connectivity index is 0.00000225. The van der Waals surface area contributed by atoms with Crippen LogP contribution in [0.3, 0.4) is 0 Å². The summed E-state index contributed by atoms with van der Waals surface area (Å²) in [6, 6.07) is 5.02. The molecular formula is C17H26ClN3O3S. The lowest BCUT2D eigenvalue weighted by Gasteiger charge is -2.34. The number of nitrogens with one attached hydrogen (secondary N) is 2. The van der Waals surface area contributed by atoms with Crippen LogP contribution in [0.2, 0.25) is 0 Å². The molecule has 0 aromatic heterocycles. The van der Waals surface area contributed by atoms with Gasteiger partial charge < -0.3 is 10.2 Å². The topological polar surface area (TPSA) is 78.5 Å². The highest BCUT2D eigenvalue weighted by Crippen LogP contribution is 2.30. The van der Waals surface area contributed by atoms with Gasteiger partial charge in [0.25, 0.3) is 0 Å². The molecule has 2 aliphatic rings. The summed E-state index contributed by atoms with van der Waals surface area (Å²) < 4.78 is 28.0. The molecule has 1 fully saturated rings. The largest absolute Gasteiger partial charge is 0.316 e. The van der Waals surface area contributed by atoms with Crippen molar-refractivity contribution in [1.82, 2.24) is 10.0 Å². The predicted octanol–water partition coefficient (Wildman–Crippen LogP) is 1.69. The number of fused-ring (bicyclic) bond motifs is 1. The molecule has 0 aliphatic carbocycles. The van der Waals surface area contributed by atoms with Gasteiger partial charge in [-0.15, -0.1) is 12.4 Å². The number of nitrogens with zero attached hydrogens (tertiary/aromatic N) is 1. The minimum absolute atomic E-state index is 0. The highest BCUT2D eigenvalue weighted by molar-refractivity contribution is 7.89. The van der Waals surface area contributed by atoms with Crippen LogP contribution in [-0.4, -0.2) is 40.5 Å². The smallest absolute Gasteiger partial charge is 0.240 e. The summed E-state index contributed by atoms with van der Waals surface area (Å²) in [6.45, 7) is 6.51. The van der Waals surface area contributed by atoms with Gasteiger partial charge in [0.1, 0.15) is 0 Å². The fourth-order valence-corrected chi connectivity index (χ4v) is 4.74. The van der Waals surface area contributed by atoms with Crippen molar-refractivity contribution < 1.29 is 13.2 Å². The number of carbonyl (C=O) groups is 1. The number of carbonyl (C=O) groups excluding carboxylic acids is 1. The lowest BCUT2D eigenvalue weighted by molar-refractivity contribution is -0.116. The highest BCUT2D eigenvalue weighted by atomic mass is 35.5. The Kier molecular flexibility index (Phi) is 6.14. The van der Waals surface area contributed by atoms with Gasteiger partial charge in [0.15, 0.2) is 0 Å². The van der Waals surface area contributed by atoms with E-state index in [9.17, 15) is 13.2 Å². The molecule has 2 N–H and O–H groups in total. The molecule has 1 unspecified atom stereocenters. The zero-order chi connectivity index (χ0) is 17.4. The van der Waals surface area contributed by atoms with E-state index in [1.807, 2.05) is 0 Å². The fraction of sp³-hybridized carbons (Fsp3) is 0.588. The van der Waals surface area contributed by atoms with Crippen LogP contribution in [-0.2, 0) is 21.2 Å². The molecule has 0 bridgehead atoms. The quantitative estimate of drug-likeness (QED) is 0.824. The number of hydrogen-bond donors (Lipinski definition) is 2. The minimum atomic E-state index is -3.54. The zero-order valence-corrected chi connectivity index (χ0v) is 16.3. The third kappa shape index (κ3) is 4.34. The number of anilines is 1. The lowest BCUT2D eigenvalue weighted by Crippen LogP contribution is -2.45. The van der Waals surface area contributed by atoms with Crippen molar-refractivity contribution >= 4 is 34.0 Å². The van der Waals surface area contributed by atoms with Crippen molar-refractivity contribution in [2.75, 3.05) is 31.1 Å². The van der Waals surface area contributed by atoms with Gasteiger partial charge in [0, 0.05) is 32.2 Å². The molecule has 8 heteroatoms. The molecule has 6 nitrogen and oxygen atoms in total. The van der Waals surface area contributed by atoms with E-state index in [1.165, 1.54) is 6.92 Å². The second kappa shape index (κ2) is 7.61. The van der Waals surface area contributed by atoms with Gasteiger partial charge in [0.2, 0.25) is 15.9 Å². The van der Waals surface area contributed by atoms with Gasteiger partial charge in [-0.05, 0) is 55.0 Å². The number of benzene rings is 1. The molecule has 0 radical (unpaired) electrons. The minimum Gasteiger partial charge on any atom is -0.316 e. The third-order valence-electron chi connectivity index (χ3n) is 5.01. The average molecular weight is 388 g/mol. The van der Waals surface area contributed by atoms with Crippen molar-refractivity contribution in [2.45, 2.75) is 38.0 Å². The Morgan fingerprint density at radius 1 is 1.40 bits per heavy atom. The average Bonchev–Trinajstić information content (AvgIpc) is 2.97. The molecular weight excluding hydrogens is 362 g/mol. The van der Waals surface area contributed by atoms with Crippen molar-refractivity contribution in [3.63, 3.8) is 0 Å². The molecule has 1 atom stereocenters. The first kappa shape index (κ1) is 20.2. The number of amides is 1. The maximum Gasteiger partial charge on any atom is 0.240 e. The Hall–Kier alpha value is -1.15. The first-order chi connectivity index (χ1) is 11.3. The lowest BCUT2D eigenvalue weighted by atomic mass is 9.83. The standard InChI is InChI=1S/C17H25N3O3S.ClH/c1-13(21)20-9-6-14-10-15(4-5-16(14)20)24(22,23)19-12-17(2)7-3-8-18-11-17;/h4-5,10,18-19H,3,6-9,11-12H2,1-2H3;1H. The van der Waals surface area contributed by atoms with Crippen LogP contribution in [0.1, 0.15) is 32.3 Å². The molecule has 1 aromatic carbocycles. The monoisotopic (exact) mass is 387 g/mol. The zero-order valence-electron chi connectivity index (χ0n) is 14.7. The van der Waals surface area contributed by atoms with Crippen LogP contribution < -0.4 is 14.9 Å². The third-order valence-corrected chi connectivity index (χ3v) is 6.41. The van der Waals surface area contributed by atoms with E-state index < -0.39 is 10.0 Å². The van der Waals surface area contributed by atoms with Gasteiger partial charge in [-0.2, -0.15) is 0 Å². The SMILES string of the molecule is CC(=O)N1CCc2cc(S(=O)(=O)NCC3(C)CCCNC3)ccc21.Cl. The Morgan fingerprint density at radius 2 is 2.16 bits per heavy atom. The van der Waals surface area contributed by atoms with E-state index in [1.54, 1.807) is 23.1 Å². The van der Waals surface area contributed by atoms with Crippen LogP contribution in [0.5, 0.6) is 0 Å². The maximum absolute atomic E-state index is 12.6. The number of rotatable bonds is 4. The fourth-order valence-electron chi connectivity index (χ4n) is 3.49. The van der Waals surface area contributed by atoms with Crippen LogP contribution in [0.15, 0.2) is 23.1 Å². The summed E-state index contributed by atoms with van der Waals surface area (Å²) in [7, 11) is -3.54. The van der Waals surface area contributed by atoms with E-state index in [0.717, 1.165) is 37.2 Å². The molecule has 1 saturated heterocycles. The number of halogens is 1. The van der Waals surface area contributed by atoms with Crippen LogP contribution in [0.4, 0.5) is 5.69 Å². The molecule has 2 aliphatic heterocycles. The number of piperidine rings is 1. The summed E-state index contributed by atoms with van der Waals surface area (Å²) in [4.78, 5) is 13.6. The Labute approximate surface area is 155 Å². The normalized spacial score (nSPS) is 23.0. The van der Waals surface area contributed by atoms with Gasteiger partial charge in [-0.3, -0.25) is 4.79 Å². The summed E-state index contributed by atoms with van der Waals surface area (Å²) in [5, 5.41) is 3.33. The second-order valence-corrected chi connectivity index (χ2v) is 8.89. The second-order valence-electron chi connectivity index (χ2n) is 7.13. The van der Waals surface area contributed by atoms with E-state index in [-0.39, 0.29) is 28.6 Å². The molecule has 2 heterocycles. The molecule has 0 saturated carbocycles. The van der Waals surface area contributed by atoms with Gasteiger partial charge >= 0.3 is 0 Å². The van der Waals surface area contributed by atoms with E-state index in [2.05, 4.69) is 17.0 Å². The Bertz CT molecular complexity index is 746. The Morgan fingerprint density at radius 3 is 2.80 bits per heavy atom. The van der Waals surface area contributed by atoms with Gasteiger partial charge in [-0.1, -0.05) is 6.92 Å². The summed E-state index contributed by atoms with van der Waals surface area (Å²) >= 11 is 0.